The molecule has 0 bridgehead atoms. The number of anilines is 1. The number of aromatic nitrogens is 1. The number of allylic oxidation sites excluding steroid dienone is 1. The van der Waals surface area contributed by atoms with E-state index in [1.165, 1.54) is 6.92 Å². The Hall–Kier alpha value is -1.75. The number of carbonyl (C=O) groups excluding carboxylic acids is 1. The van der Waals surface area contributed by atoms with Gasteiger partial charge in [-0.15, -0.1) is 0 Å². The van der Waals surface area contributed by atoms with Gasteiger partial charge >= 0.3 is 5.97 Å². The number of hydrogen-bond acceptors (Lipinski definition) is 5. The van der Waals surface area contributed by atoms with Crippen molar-refractivity contribution >= 4 is 23.4 Å². The van der Waals surface area contributed by atoms with Crippen LogP contribution in [0.3, 0.4) is 0 Å². The van der Waals surface area contributed by atoms with E-state index in [0.29, 0.717) is 22.9 Å². The third kappa shape index (κ3) is 6.49. The van der Waals surface area contributed by atoms with E-state index in [4.69, 9.17) is 16.3 Å². The number of nitrogens with one attached hydrogen (secondary N) is 2. The molecule has 0 unspecified atom stereocenters. The Labute approximate surface area is 130 Å². The van der Waals surface area contributed by atoms with Crippen LogP contribution in [0.15, 0.2) is 24.5 Å². The maximum atomic E-state index is 10.9. The van der Waals surface area contributed by atoms with Crippen molar-refractivity contribution in [2.75, 3.05) is 18.4 Å². The van der Waals surface area contributed by atoms with E-state index >= 15 is 0 Å². The van der Waals surface area contributed by atoms with Crippen molar-refractivity contribution in [3.05, 3.63) is 35.1 Å². The first-order chi connectivity index (χ1) is 10.0. The van der Waals surface area contributed by atoms with Crippen LogP contribution in [0.4, 0.5) is 5.82 Å². The highest BCUT2D eigenvalue weighted by molar-refractivity contribution is 6.31. The number of halogens is 1. The molecule has 0 atom stereocenters. The molecule has 5 nitrogen and oxygen atoms in total. The number of pyridine rings is 1. The van der Waals surface area contributed by atoms with Crippen molar-refractivity contribution in [2.45, 2.75) is 33.3 Å². The van der Waals surface area contributed by atoms with E-state index in [1.807, 2.05) is 0 Å². The van der Waals surface area contributed by atoms with Crippen LogP contribution in [0.1, 0.15) is 32.3 Å². The van der Waals surface area contributed by atoms with Crippen LogP contribution in [-0.2, 0) is 16.1 Å². The second-order valence-corrected chi connectivity index (χ2v) is 5.01. The lowest BCUT2D eigenvalue weighted by Crippen LogP contribution is -2.22. The van der Waals surface area contributed by atoms with Crippen LogP contribution in [0.5, 0.6) is 0 Å². The molecule has 1 rings (SSSR count). The molecule has 2 N–H and O–H groups in total. The molecule has 21 heavy (non-hydrogen) atoms. The van der Waals surface area contributed by atoms with Gasteiger partial charge in [-0.05, 0) is 12.5 Å². The first kappa shape index (κ1) is 17.3. The van der Waals surface area contributed by atoms with Gasteiger partial charge in [-0.2, -0.15) is 0 Å². The summed E-state index contributed by atoms with van der Waals surface area (Å²) >= 11 is 6.12. The summed E-state index contributed by atoms with van der Waals surface area (Å²) in [7, 11) is 0. The zero-order valence-electron chi connectivity index (χ0n) is 12.5. The minimum Gasteiger partial charge on any atom is -0.461 e. The van der Waals surface area contributed by atoms with Gasteiger partial charge < -0.3 is 15.4 Å². The molecule has 116 valence electrons. The smallest absolute Gasteiger partial charge is 0.302 e. The summed E-state index contributed by atoms with van der Waals surface area (Å²) in [4.78, 5) is 15.1. The number of hydrogen-bond donors (Lipinski definition) is 2. The molecule has 1 aromatic heterocycles. The molecule has 0 aliphatic carbocycles. The minimum atomic E-state index is -0.349. The van der Waals surface area contributed by atoms with E-state index in [1.54, 1.807) is 12.3 Å². The summed E-state index contributed by atoms with van der Waals surface area (Å²) in [5.74, 6) is 0.282. The van der Waals surface area contributed by atoms with Crippen LogP contribution in [0.25, 0.3) is 0 Å². The first-order valence-corrected chi connectivity index (χ1v) is 7.34. The number of nitrogens with zero attached hydrogens (tertiary/aromatic N) is 1. The van der Waals surface area contributed by atoms with E-state index in [2.05, 4.69) is 29.1 Å². The number of ether oxygens (including phenoxy) is 1. The average Bonchev–Trinajstić information content (AvgIpc) is 2.42. The lowest BCUT2D eigenvalue weighted by Gasteiger charge is -2.13. The Bertz CT molecular complexity index is 492. The maximum absolute atomic E-state index is 10.9. The molecule has 0 aliphatic heterocycles. The predicted molar refractivity (Wildman–Crippen MR) is 85.3 cm³/mol. The molecule has 0 aromatic carbocycles. The van der Waals surface area contributed by atoms with Crippen LogP contribution >= 0.6 is 11.6 Å². The summed E-state index contributed by atoms with van der Waals surface area (Å²) in [6, 6.07) is 1.67. The Kier molecular flexibility index (Phi) is 7.61. The third-order valence-electron chi connectivity index (χ3n) is 2.76. The van der Waals surface area contributed by atoms with Crippen LogP contribution < -0.4 is 10.6 Å². The second kappa shape index (κ2) is 9.23. The second-order valence-electron chi connectivity index (χ2n) is 4.61. The molecule has 0 spiro atoms. The first-order valence-electron chi connectivity index (χ1n) is 6.96. The van der Waals surface area contributed by atoms with Crippen molar-refractivity contribution in [3.8, 4) is 0 Å². The molecular weight excluding hydrogens is 290 g/mol. The van der Waals surface area contributed by atoms with Crippen molar-refractivity contribution in [1.29, 1.82) is 0 Å². The van der Waals surface area contributed by atoms with E-state index in [-0.39, 0.29) is 12.6 Å². The number of carbonyl (C=O) groups is 1. The summed E-state index contributed by atoms with van der Waals surface area (Å²) in [6.07, 6.45) is 3.65. The van der Waals surface area contributed by atoms with Gasteiger partial charge in [-0.3, -0.25) is 4.79 Å². The quantitative estimate of drug-likeness (QED) is 0.542. The fraction of sp³-hybridized carbons (Fsp3) is 0.467. The van der Waals surface area contributed by atoms with Crippen LogP contribution in [0, 0.1) is 0 Å². The van der Waals surface area contributed by atoms with E-state index in [9.17, 15) is 4.79 Å². The van der Waals surface area contributed by atoms with E-state index < -0.39 is 0 Å². The van der Waals surface area contributed by atoms with Gasteiger partial charge in [-0.25, -0.2) is 4.98 Å². The Morgan fingerprint density at radius 1 is 1.48 bits per heavy atom. The topological polar surface area (TPSA) is 63.3 Å². The number of rotatable bonds is 9. The average molecular weight is 312 g/mol. The van der Waals surface area contributed by atoms with Crippen molar-refractivity contribution in [2.24, 2.45) is 0 Å². The Morgan fingerprint density at radius 3 is 2.90 bits per heavy atom. The highest BCUT2D eigenvalue weighted by Crippen LogP contribution is 2.22. The third-order valence-corrected chi connectivity index (χ3v) is 3.12. The van der Waals surface area contributed by atoms with Crippen molar-refractivity contribution < 1.29 is 9.53 Å². The van der Waals surface area contributed by atoms with Crippen molar-refractivity contribution in [3.63, 3.8) is 0 Å². The molecule has 0 radical (unpaired) electrons. The molecule has 0 saturated carbocycles. The molecule has 0 saturated heterocycles. The zero-order valence-corrected chi connectivity index (χ0v) is 13.3. The van der Waals surface area contributed by atoms with Gasteiger partial charge in [0.15, 0.2) is 0 Å². The SMILES string of the molecule is C=C(CCC)NCCNc1nccc(Cl)c1COC(C)=O. The van der Waals surface area contributed by atoms with Crippen molar-refractivity contribution in [1.82, 2.24) is 10.3 Å². The van der Waals surface area contributed by atoms with Gasteiger partial charge in [0, 0.05) is 31.9 Å². The van der Waals surface area contributed by atoms with Crippen LogP contribution in [-0.4, -0.2) is 24.0 Å². The molecule has 6 heteroatoms. The summed E-state index contributed by atoms with van der Waals surface area (Å²) < 4.78 is 4.99. The minimum absolute atomic E-state index is 0.111. The largest absolute Gasteiger partial charge is 0.461 e. The van der Waals surface area contributed by atoms with E-state index in [0.717, 1.165) is 25.1 Å². The van der Waals surface area contributed by atoms with Gasteiger partial charge in [-0.1, -0.05) is 31.5 Å². The monoisotopic (exact) mass is 311 g/mol. The normalized spacial score (nSPS) is 10.0. The van der Waals surface area contributed by atoms with Gasteiger partial charge in [0.1, 0.15) is 12.4 Å². The van der Waals surface area contributed by atoms with Gasteiger partial charge in [0.25, 0.3) is 0 Å². The summed E-state index contributed by atoms with van der Waals surface area (Å²) in [6.45, 7) is 8.93. The Balaban J connectivity index is 2.52. The Morgan fingerprint density at radius 2 is 2.24 bits per heavy atom. The molecule has 1 aromatic rings. The highest BCUT2D eigenvalue weighted by Gasteiger charge is 2.09. The molecule has 0 amide bonds. The molecule has 1 heterocycles. The maximum Gasteiger partial charge on any atom is 0.302 e. The van der Waals surface area contributed by atoms with Gasteiger partial charge in [0.2, 0.25) is 0 Å². The standard InChI is InChI=1S/C15H22ClN3O2/c1-4-5-11(2)17-8-9-19-15-13(10-21-12(3)20)14(16)6-7-18-15/h6-7,17H,2,4-5,8-10H2,1,3H3,(H,18,19). The van der Waals surface area contributed by atoms with Gasteiger partial charge in [0.05, 0.1) is 10.6 Å². The lowest BCUT2D eigenvalue weighted by molar-refractivity contribution is -0.142. The molecule has 0 aliphatic rings. The highest BCUT2D eigenvalue weighted by atomic mass is 35.5. The van der Waals surface area contributed by atoms with Crippen LogP contribution in [0.2, 0.25) is 5.02 Å². The molecular formula is C15H22ClN3O2. The fourth-order valence-electron chi connectivity index (χ4n) is 1.74. The molecule has 0 fully saturated rings. The number of esters is 1. The fourth-order valence-corrected chi connectivity index (χ4v) is 1.94. The summed E-state index contributed by atoms with van der Waals surface area (Å²) in [5, 5.41) is 6.94. The predicted octanol–water partition coefficient (Wildman–Crippen LogP) is 3.11. The lowest BCUT2D eigenvalue weighted by atomic mass is 10.2. The summed E-state index contributed by atoms with van der Waals surface area (Å²) in [5.41, 5.74) is 1.71. The zero-order chi connectivity index (χ0) is 15.7.